The fourth-order valence-corrected chi connectivity index (χ4v) is 4.22. The van der Waals surface area contributed by atoms with E-state index in [2.05, 4.69) is 10.4 Å². The van der Waals surface area contributed by atoms with E-state index in [1.165, 1.54) is 12.1 Å². The van der Waals surface area contributed by atoms with E-state index in [-0.39, 0.29) is 18.0 Å². The van der Waals surface area contributed by atoms with E-state index in [9.17, 15) is 18.0 Å². The Morgan fingerprint density at radius 1 is 1.06 bits per heavy atom. The second-order valence-electron chi connectivity index (χ2n) is 7.65. The number of nitrogens with zero attached hydrogens (tertiary/aromatic N) is 3. The zero-order valence-corrected chi connectivity index (χ0v) is 17.3. The Morgan fingerprint density at radius 2 is 1.74 bits per heavy atom. The van der Waals surface area contributed by atoms with Crippen molar-refractivity contribution in [1.29, 1.82) is 0 Å². The number of amides is 1. The van der Waals surface area contributed by atoms with Crippen molar-refractivity contribution in [2.24, 2.45) is 0 Å². The van der Waals surface area contributed by atoms with Crippen LogP contribution >= 0.6 is 0 Å². The number of aromatic nitrogens is 2. The van der Waals surface area contributed by atoms with Crippen LogP contribution in [0.2, 0.25) is 0 Å². The standard InChI is InChI=1S/C23H23F3N4O/c1-15-20(16(2)30(28-15)18-9-4-3-5-10-18)21-22(31)27-12-13-29(21)14-17-8-6-7-11-19(17)23(24,25)26/h3-11,21H,12-14H2,1-2H3,(H,27,31). The molecule has 162 valence electrons. The molecule has 0 radical (unpaired) electrons. The lowest BCUT2D eigenvalue weighted by Gasteiger charge is -2.36. The number of halogens is 3. The van der Waals surface area contributed by atoms with Crippen molar-refractivity contribution < 1.29 is 18.0 Å². The van der Waals surface area contributed by atoms with E-state index in [4.69, 9.17) is 0 Å². The normalized spacial score (nSPS) is 17.6. The molecule has 0 bridgehead atoms. The number of nitrogens with one attached hydrogen (secondary N) is 1. The van der Waals surface area contributed by atoms with Crippen LogP contribution in [0, 0.1) is 13.8 Å². The SMILES string of the molecule is Cc1nn(-c2ccccc2)c(C)c1C1C(=O)NCCN1Cc1ccccc1C(F)(F)F. The molecule has 1 N–H and O–H groups in total. The monoisotopic (exact) mass is 428 g/mol. The molecular weight excluding hydrogens is 405 g/mol. The maximum absolute atomic E-state index is 13.5. The van der Waals surface area contributed by atoms with Gasteiger partial charge in [-0.3, -0.25) is 9.69 Å². The van der Waals surface area contributed by atoms with Crippen molar-refractivity contribution in [1.82, 2.24) is 20.0 Å². The van der Waals surface area contributed by atoms with Crippen LogP contribution in [0.25, 0.3) is 5.69 Å². The number of hydrogen-bond acceptors (Lipinski definition) is 3. The smallest absolute Gasteiger partial charge is 0.353 e. The highest BCUT2D eigenvalue weighted by Gasteiger charge is 2.38. The van der Waals surface area contributed by atoms with E-state index in [1.54, 1.807) is 15.6 Å². The number of hydrogen-bond donors (Lipinski definition) is 1. The molecule has 1 fully saturated rings. The minimum Gasteiger partial charge on any atom is -0.353 e. The Hall–Kier alpha value is -3.13. The number of aryl methyl sites for hydroxylation is 1. The molecular formula is C23H23F3N4O. The Labute approximate surface area is 178 Å². The van der Waals surface area contributed by atoms with Gasteiger partial charge in [0, 0.05) is 30.9 Å². The lowest BCUT2D eigenvalue weighted by Crippen LogP contribution is -2.50. The van der Waals surface area contributed by atoms with Gasteiger partial charge in [0.2, 0.25) is 5.91 Å². The Kier molecular flexibility index (Phi) is 5.58. The third-order valence-electron chi connectivity index (χ3n) is 5.63. The molecule has 0 spiro atoms. The van der Waals surface area contributed by atoms with Gasteiger partial charge in [-0.2, -0.15) is 18.3 Å². The first kappa shape index (κ1) is 21.1. The molecule has 1 amide bonds. The van der Waals surface area contributed by atoms with Crippen LogP contribution < -0.4 is 5.32 Å². The van der Waals surface area contributed by atoms with Gasteiger partial charge in [0.15, 0.2) is 0 Å². The molecule has 4 rings (SSSR count). The van der Waals surface area contributed by atoms with Crippen molar-refractivity contribution in [2.75, 3.05) is 13.1 Å². The maximum atomic E-state index is 13.5. The maximum Gasteiger partial charge on any atom is 0.416 e. The van der Waals surface area contributed by atoms with Crippen molar-refractivity contribution in [3.05, 3.63) is 82.7 Å². The predicted molar refractivity (Wildman–Crippen MR) is 111 cm³/mol. The molecule has 1 saturated heterocycles. The first-order chi connectivity index (χ1) is 14.8. The Balaban J connectivity index is 1.74. The summed E-state index contributed by atoms with van der Waals surface area (Å²) in [7, 11) is 0. The van der Waals surface area contributed by atoms with Crippen LogP contribution in [0.15, 0.2) is 54.6 Å². The molecule has 1 unspecified atom stereocenters. The third kappa shape index (κ3) is 4.07. The number of rotatable bonds is 4. The molecule has 5 nitrogen and oxygen atoms in total. The number of para-hydroxylation sites is 1. The summed E-state index contributed by atoms with van der Waals surface area (Å²) >= 11 is 0. The lowest BCUT2D eigenvalue weighted by molar-refractivity contribution is -0.138. The molecule has 2 aromatic carbocycles. The first-order valence-corrected chi connectivity index (χ1v) is 10.1. The average Bonchev–Trinajstić information content (AvgIpc) is 3.03. The quantitative estimate of drug-likeness (QED) is 0.678. The lowest BCUT2D eigenvalue weighted by atomic mass is 9.98. The molecule has 1 aliphatic rings. The van der Waals surface area contributed by atoms with Gasteiger partial charge in [0.25, 0.3) is 0 Å². The van der Waals surface area contributed by atoms with E-state index < -0.39 is 17.8 Å². The van der Waals surface area contributed by atoms with Gasteiger partial charge in [-0.1, -0.05) is 36.4 Å². The van der Waals surface area contributed by atoms with Crippen molar-refractivity contribution in [2.45, 2.75) is 32.6 Å². The van der Waals surface area contributed by atoms with Crippen LogP contribution in [-0.2, 0) is 17.5 Å². The topological polar surface area (TPSA) is 50.2 Å². The fraction of sp³-hybridized carbons (Fsp3) is 0.304. The zero-order valence-electron chi connectivity index (χ0n) is 17.3. The van der Waals surface area contributed by atoms with E-state index in [0.29, 0.717) is 18.8 Å². The van der Waals surface area contributed by atoms with Gasteiger partial charge in [-0.15, -0.1) is 0 Å². The molecule has 2 heterocycles. The molecule has 1 aromatic heterocycles. The van der Waals surface area contributed by atoms with Crippen molar-refractivity contribution in [3.8, 4) is 5.69 Å². The highest BCUT2D eigenvalue weighted by Crippen LogP contribution is 2.35. The summed E-state index contributed by atoms with van der Waals surface area (Å²) < 4.78 is 42.3. The molecule has 1 aliphatic heterocycles. The van der Waals surface area contributed by atoms with E-state index in [0.717, 1.165) is 23.0 Å². The molecule has 1 atom stereocenters. The minimum absolute atomic E-state index is 0.0170. The third-order valence-corrected chi connectivity index (χ3v) is 5.63. The summed E-state index contributed by atoms with van der Waals surface area (Å²) in [6, 6.07) is 14.4. The van der Waals surface area contributed by atoms with Gasteiger partial charge < -0.3 is 5.32 Å². The number of benzene rings is 2. The van der Waals surface area contributed by atoms with Crippen LogP contribution in [0.1, 0.15) is 34.1 Å². The fourth-order valence-electron chi connectivity index (χ4n) is 4.22. The van der Waals surface area contributed by atoms with E-state index >= 15 is 0 Å². The van der Waals surface area contributed by atoms with E-state index in [1.807, 2.05) is 44.2 Å². The molecule has 3 aromatic rings. The largest absolute Gasteiger partial charge is 0.416 e. The molecule has 8 heteroatoms. The summed E-state index contributed by atoms with van der Waals surface area (Å²) in [5.74, 6) is -0.227. The zero-order chi connectivity index (χ0) is 22.2. The molecule has 0 aliphatic carbocycles. The first-order valence-electron chi connectivity index (χ1n) is 10.1. The average molecular weight is 428 g/mol. The van der Waals surface area contributed by atoms with Crippen LogP contribution in [0.4, 0.5) is 13.2 Å². The number of carbonyl (C=O) groups is 1. The van der Waals surface area contributed by atoms with Crippen LogP contribution in [0.3, 0.4) is 0 Å². The highest BCUT2D eigenvalue weighted by molar-refractivity contribution is 5.84. The highest BCUT2D eigenvalue weighted by atomic mass is 19.4. The summed E-state index contributed by atoms with van der Waals surface area (Å²) in [6.45, 7) is 4.55. The van der Waals surface area contributed by atoms with Crippen molar-refractivity contribution in [3.63, 3.8) is 0 Å². The Morgan fingerprint density at radius 3 is 2.45 bits per heavy atom. The minimum atomic E-state index is -4.45. The second-order valence-corrected chi connectivity index (χ2v) is 7.65. The summed E-state index contributed by atoms with van der Waals surface area (Å²) in [5.41, 5.74) is 2.54. The van der Waals surface area contributed by atoms with Gasteiger partial charge in [-0.05, 0) is 37.6 Å². The summed E-state index contributed by atoms with van der Waals surface area (Å²) in [6.07, 6.45) is -4.45. The molecule has 31 heavy (non-hydrogen) atoms. The molecule has 0 saturated carbocycles. The van der Waals surface area contributed by atoms with Crippen LogP contribution in [0.5, 0.6) is 0 Å². The summed E-state index contributed by atoms with van der Waals surface area (Å²) in [4.78, 5) is 14.7. The Bertz CT molecular complexity index is 1090. The number of alkyl halides is 3. The van der Waals surface area contributed by atoms with Gasteiger partial charge >= 0.3 is 6.18 Å². The summed E-state index contributed by atoms with van der Waals surface area (Å²) in [5, 5.41) is 7.47. The second kappa shape index (κ2) is 8.19. The van der Waals surface area contributed by atoms with Gasteiger partial charge in [-0.25, -0.2) is 4.68 Å². The van der Waals surface area contributed by atoms with Crippen molar-refractivity contribution >= 4 is 5.91 Å². The number of piperazine rings is 1. The predicted octanol–water partition coefficient (Wildman–Crippen LogP) is 4.18. The number of carbonyl (C=O) groups excluding carboxylic acids is 1. The van der Waals surface area contributed by atoms with Crippen LogP contribution in [-0.4, -0.2) is 33.7 Å². The van der Waals surface area contributed by atoms with Gasteiger partial charge in [0.1, 0.15) is 6.04 Å². The van der Waals surface area contributed by atoms with Gasteiger partial charge in [0.05, 0.1) is 16.9 Å².